The minimum atomic E-state index is -0.462. The number of halogens is 1. The Balaban J connectivity index is 1.67. The summed E-state index contributed by atoms with van der Waals surface area (Å²) in [6, 6.07) is 15.9. The van der Waals surface area contributed by atoms with Crippen LogP contribution in [0.4, 0.5) is 0 Å². The van der Waals surface area contributed by atoms with Crippen molar-refractivity contribution >= 4 is 46.8 Å². The largest absolute Gasteiger partial charge is 0.484 e. The van der Waals surface area contributed by atoms with Gasteiger partial charge in [-0.3, -0.25) is 25.8 Å². The molecule has 0 aliphatic rings. The van der Waals surface area contributed by atoms with Crippen molar-refractivity contribution in [3.8, 4) is 5.75 Å². The smallest absolute Gasteiger partial charge is 0.276 e. The van der Waals surface area contributed by atoms with E-state index in [1.165, 1.54) is 6.08 Å². The molecular weight excluding hydrogens is 374 g/mol. The number of hydrazine groups is 1. The lowest BCUT2D eigenvalue weighted by atomic mass is 10.2. The number of rotatable bonds is 5. The van der Waals surface area contributed by atoms with E-state index in [2.05, 4.69) is 16.2 Å². The van der Waals surface area contributed by atoms with E-state index >= 15 is 0 Å². The number of benzene rings is 2. The highest BCUT2D eigenvalue weighted by Crippen LogP contribution is 2.15. The Bertz CT molecular complexity index is 795. The Morgan fingerprint density at radius 1 is 1.04 bits per heavy atom. The van der Waals surface area contributed by atoms with Gasteiger partial charge in [-0.1, -0.05) is 41.9 Å². The summed E-state index contributed by atoms with van der Waals surface area (Å²) in [5, 5.41) is 2.95. The van der Waals surface area contributed by atoms with Gasteiger partial charge in [-0.2, -0.15) is 0 Å². The molecule has 0 spiro atoms. The summed E-state index contributed by atoms with van der Waals surface area (Å²) in [5.74, 6) is -0.374. The quantitative estimate of drug-likeness (QED) is 0.416. The predicted molar refractivity (Wildman–Crippen MR) is 104 cm³/mol. The van der Waals surface area contributed by atoms with Crippen molar-refractivity contribution in [2.45, 2.75) is 0 Å². The fraction of sp³-hybridized carbons (Fsp3) is 0.0556. The summed E-state index contributed by atoms with van der Waals surface area (Å²) in [6.45, 7) is -0.223. The van der Waals surface area contributed by atoms with E-state index in [9.17, 15) is 9.59 Å². The number of hydrogen-bond acceptors (Lipinski definition) is 4. The van der Waals surface area contributed by atoms with Gasteiger partial charge in [-0.15, -0.1) is 0 Å². The first kappa shape index (κ1) is 19.4. The molecule has 0 saturated heterocycles. The normalized spacial score (nSPS) is 10.2. The Hall–Kier alpha value is -2.90. The topological polar surface area (TPSA) is 79.5 Å². The van der Waals surface area contributed by atoms with Crippen LogP contribution in [0.25, 0.3) is 6.08 Å². The molecule has 8 heteroatoms. The van der Waals surface area contributed by atoms with E-state index < -0.39 is 11.8 Å². The van der Waals surface area contributed by atoms with Crippen LogP contribution < -0.4 is 20.9 Å². The van der Waals surface area contributed by atoms with Crippen molar-refractivity contribution in [1.29, 1.82) is 0 Å². The molecule has 0 saturated carbocycles. The van der Waals surface area contributed by atoms with Gasteiger partial charge in [0.25, 0.3) is 5.91 Å². The first-order valence-electron chi connectivity index (χ1n) is 7.54. The van der Waals surface area contributed by atoms with Crippen LogP contribution in [0.1, 0.15) is 5.56 Å². The average Bonchev–Trinajstić information content (AvgIpc) is 2.65. The lowest BCUT2D eigenvalue weighted by Gasteiger charge is -2.10. The SMILES string of the molecule is O=C(/C=C/c1ccccc1)NC(=S)NNC(=O)COc1ccc(Cl)cc1. The summed E-state index contributed by atoms with van der Waals surface area (Å²) in [6.07, 6.45) is 2.99. The zero-order chi connectivity index (χ0) is 18.8. The van der Waals surface area contributed by atoms with Gasteiger partial charge in [0.15, 0.2) is 11.7 Å². The predicted octanol–water partition coefficient (Wildman–Crippen LogP) is 2.45. The second-order valence-corrected chi connectivity index (χ2v) is 5.82. The molecule has 0 atom stereocenters. The van der Waals surface area contributed by atoms with Crippen molar-refractivity contribution in [1.82, 2.24) is 16.2 Å². The van der Waals surface area contributed by atoms with Crippen molar-refractivity contribution in [3.63, 3.8) is 0 Å². The summed E-state index contributed by atoms with van der Waals surface area (Å²) in [5.41, 5.74) is 5.63. The number of carbonyl (C=O) groups excluding carboxylic acids is 2. The monoisotopic (exact) mass is 389 g/mol. The van der Waals surface area contributed by atoms with E-state index in [0.29, 0.717) is 10.8 Å². The molecule has 2 amide bonds. The minimum Gasteiger partial charge on any atom is -0.484 e. The maximum atomic E-state index is 11.7. The summed E-state index contributed by atoms with van der Waals surface area (Å²) in [7, 11) is 0. The molecule has 2 aromatic rings. The van der Waals surface area contributed by atoms with E-state index in [1.807, 2.05) is 30.3 Å². The molecule has 0 bridgehead atoms. The van der Waals surface area contributed by atoms with Gasteiger partial charge in [-0.25, -0.2) is 0 Å². The third-order valence-corrected chi connectivity index (χ3v) is 3.42. The second kappa shape index (κ2) is 10.2. The number of nitrogens with one attached hydrogen (secondary N) is 3. The van der Waals surface area contributed by atoms with Crippen LogP contribution in [0.15, 0.2) is 60.7 Å². The fourth-order valence-electron chi connectivity index (χ4n) is 1.76. The molecule has 0 aliphatic carbocycles. The molecule has 0 unspecified atom stereocenters. The minimum absolute atomic E-state index is 0.0347. The molecule has 0 aliphatic heterocycles. The van der Waals surface area contributed by atoms with Gasteiger partial charge >= 0.3 is 0 Å². The van der Waals surface area contributed by atoms with Gasteiger partial charge in [0.1, 0.15) is 5.75 Å². The Morgan fingerprint density at radius 3 is 2.42 bits per heavy atom. The number of ether oxygens (including phenoxy) is 1. The van der Waals surface area contributed by atoms with Crippen molar-refractivity contribution < 1.29 is 14.3 Å². The first-order chi connectivity index (χ1) is 12.5. The number of hydrogen-bond donors (Lipinski definition) is 3. The molecule has 0 radical (unpaired) electrons. The van der Waals surface area contributed by atoms with Crippen LogP contribution in [0.3, 0.4) is 0 Å². The van der Waals surface area contributed by atoms with Crippen molar-refractivity contribution in [3.05, 3.63) is 71.3 Å². The van der Waals surface area contributed by atoms with Gasteiger partial charge in [0, 0.05) is 11.1 Å². The van der Waals surface area contributed by atoms with E-state index in [1.54, 1.807) is 30.3 Å². The molecule has 0 aromatic heterocycles. The highest BCUT2D eigenvalue weighted by molar-refractivity contribution is 7.80. The molecule has 0 heterocycles. The van der Waals surface area contributed by atoms with Crippen molar-refractivity contribution in [2.24, 2.45) is 0 Å². The van der Waals surface area contributed by atoms with Crippen LogP contribution >= 0.6 is 23.8 Å². The number of carbonyl (C=O) groups is 2. The fourth-order valence-corrected chi connectivity index (χ4v) is 2.04. The van der Waals surface area contributed by atoms with Crippen LogP contribution in [0, 0.1) is 0 Å². The van der Waals surface area contributed by atoms with Gasteiger partial charge < -0.3 is 4.74 Å². The molecular formula is C18H16ClN3O3S. The van der Waals surface area contributed by atoms with E-state index in [0.717, 1.165) is 5.56 Å². The summed E-state index contributed by atoms with van der Waals surface area (Å²) < 4.78 is 5.27. The van der Waals surface area contributed by atoms with Crippen LogP contribution in [-0.4, -0.2) is 23.5 Å². The van der Waals surface area contributed by atoms with Crippen molar-refractivity contribution in [2.75, 3.05) is 6.61 Å². The third-order valence-electron chi connectivity index (χ3n) is 2.96. The standard InChI is InChI=1S/C18H16ClN3O3S/c19-14-7-9-15(10-8-14)25-12-17(24)21-22-18(26)20-16(23)11-6-13-4-2-1-3-5-13/h1-11H,12H2,(H,21,24)(H2,20,22,23,26)/b11-6+. The average molecular weight is 390 g/mol. The zero-order valence-corrected chi connectivity index (χ0v) is 15.1. The third kappa shape index (κ3) is 7.33. The number of amides is 2. The van der Waals surface area contributed by atoms with Crippen LogP contribution in [0.2, 0.25) is 5.02 Å². The molecule has 6 nitrogen and oxygen atoms in total. The molecule has 0 fully saturated rings. The molecule has 2 rings (SSSR count). The van der Waals surface area contributed by atoms with Crippen LogP contribution in [0.5, 0.6) is 5.75 Å². The molecule has 26 heavy (non-hydrogen) atoms. The Morgan fingerprint density at radius 2 is 1.73 bits per heavy atom. The van der Waals surface area contributed by atoms with Gasteiger partial charge in [0.05, 0.1) is 0 Å². The maximum Gasteiger partial charge on any atom is 0.276 e. The van der Waals surface area contributed by atoms with Crippen LogP contribution in [-0.2, 0) is 9.59 Å². The Labute approximate surface area is 161 Å². The Kier molecular flexibility index (Phi) is 7.60. The summed E-state index contributed by atoms with van der Waals surface area (Å²) >= 11 is 10.7. The maximum absolute atomic E-state index is 11.7. The van der Waals surface area contributed by atoms with E-state index in [4.69, 9.17) is 28.6 Å². The first-order valence-corrected chi connectivity index (χ1v) is 8.33. The lowest BCUT2D eigenvalue weighted by molar-refractivity contribution is -0.123. The highest BCUT2D eigenvalue weighted by Gasteiger charge is 2.05. The van der Waals surface area contributed by atoms with Gasteiger partial charge in [0.2, 0.25) is 5.91 Å². The number of thiocarbonyl (C=S) groups is 1. The molecule has 134 valence electrons. The molecule has 2 aromatic carbocycles. The molecule has 3 N–H and O–H groups in total. The lowest BCUT2D eigenvalue weighted by Crippen LogP contribution is -2.49. The summed E-state index contributed by atoms with van der Waals surface area (Å²) in [4.78, 5) is 23.4. The zero-order valence-electron chi connectivity index (χ0n) is 13.6. The second-order valence-electron chi connectivity index (χ2n) is 4.98. The highest BCUT2D eigenvalue weighted by atomic mass is 35.5. The van der Waals surface area contributed by atoms with E-state index in [-0.39, 0.29) is 11.7 Å². The van der Waals surface area contributed by atoms with Gasteiger partial charge in [-0.05, 0) is 48.1 Å².